The molecule has 35 heavy (non-hydrogen) atoms. The Hall–Kier alpha value is -0.990. The second kappa shape index (κ2) is 20.1. The van der Waals surface area contributed by atoms with Gasteiger partial charge in [0.05, 0.1) is 27.7 Å². The number of carbonyl (C=O) groups excluding carboxylic acids is 2. The first-order chi connectivity index (χ1) is 16.5. The average Bonchev–Trinajstić information content (AvgIpc) is 2.77. The highest BCUT2D eigenvalue weighted by molar-refractivity contribution is 7.47. The van der Waals surface area contributed by atoms with Gasteiger partial charge >= 0.3 is 19.8 Å². The van der Waals surface area contributed by atoms with E-state index < -0.39 is 32.5 Å². The van der Waals surface area contributed by atoms with Crippen molar-refractivity contribution in [2.24, 2.45) is 0 Å². The van der Waals surface area contributed by atoms with Gasteiger partial charge in [0.25, 0.3) is 0 Å². The first-order valence-corrected chi connectivity index (χ1v) is 14.8. The fourth-order valence-electron chi connectivity index (χ4n) is 3.16. The zero-order valence-electron chi connectivity index (χ0n) is 22.8. The highest BCUT2D eigenvalue weighted by Crippen LogP contribution is 2.43. The number of esters is 2. The molecule has 1 unspecified atom stereocenters. The quantitative estimate of drug-likeness (QED) is 0.0820. The van der Waals surface area contributed by atoms with Crippen LogP contribution in [-0.2, 0) is 32.7 Å². The lowest BCUT2D eigenvalue weighted by Gasteiger charge is -2.24. The summed E-state index contributed by atoms with van der Waals surface area (Å²) >= 11 is 0. The van der Waals surface area contributed by atoms with E-state index in [-0.39, 0.29) is 26.1 Å². The minimum atomic E-state index is -4.33. The van der Waals surface area contributed by atoms with Crippen LogP contribution in [0.2, 0.25) is 0 Å². The molecule has 0 aromatic rings. The Bertz CT molecular complexity index is 609. The summed E-state index contributed by atoms with van der Waals surface area (Å²) in [6.07, 6.45) is 11.3. The van der Waals surface area contributed by atoms with Crippen LogP contribution in [0.15, 0.2) is 0 Å². The Labute approximate surface area is 213 Å². The van der Waals surface area contributed by atoms with Crippen molar-refractivity contribution >= 4 is 19.8 Å². The molecule has 0 amide bonds. The predicted octanol–water partition coefficient (Wildman–Crippen LogP) is 5.39. The third-order valence-corrected chi connectivity index (χ3v) is 6.37. The number of carbonyl (C=O) groups is 2. The van der Waals surface area contributed by atoms with Crippen molar-refractivity contribution in [3.63, 3.8) is 0 Å². The number of phosphoric acid groups is 1. The normalized spacial score (nSPS) is 14.3. The molecule has 0 rings (SSSR count). The minimum absolute atomic E-state index is 0.0341. The number of hydrogen-bond donors (Lipinski definition) is 1. The monoisotopic (exact) mass is 524 g/mol. The number of quaternary nitrogens is 1. The van der Waals surface area contributed by atoms with Crippen molar-refractivity contribution < 1.29 is 42.1 Å². The van der Waals surface area contributed by atoms with Gasteiger partial charge in [-0.05, 0) is 12.8 Å². The lowest BCUT2D eigenvalue weighted by molar-refractivity contribution is -0.870. The van der Waals surface area contributed by atoms with E-state index in [1.54, 1.807) is 0 Å². The van der Waals surface area contributed by atoms with Gasteiger partial charge in [0.1, 0.15) is 19.8 Å². The van der Waals surface area contributed by atoms with Crippen molar-refractivity contribution in [1.29, 1.82) is 0 Å². The van der Waals surface area contributed by atoms with Crippen molar-refractivity contribution in [2.45, 2.75) is 103 Å². The molecule has 1 N–H and O–H groups in total. The maximum atomic E-state index is 12.3. The molecule has 0 aliphatic heterocycles. The minimum Gasteiger partial charge on any atom is -0.462 e. The molecule has 0 aromatic carbocycles. The Morgan fingerprint density at radius 3 is 1.89 bits per heavy atom. The number of phosphoric ester groups is 1. The Balaban J connectivity index is 4.48. The molecule has 0 heterocycles. The summed E-state index contributed by atoms with van der Waals surface area (Å²) in [6.45, 7) is 4.09. The highest BCUT2D eigenvalue weighted by Gasteiger charge is 2.26. The van der Waals surface area contributed by atoms with E-state index in [1.165, 1.54) is 38.5 Å². The molecule has 0 bridgehead atoms. The molecule has 0 aliphatic carbocycles. The standard InChI is InChI=1S/C25H50NO8P/c1-6-8-10-11-12-13-14-15-16-18-25(28)34-23(21-31-24(27)17-9-7-2)22-33-35(29,30)32-20-19-26(3,4)5/h23H,6-22H2,1-5H3/p+1/t23-/m1/s1. The summed E-state index contributed by atoms with van der Waals surface area (Å²) in [5, 5.41) is 0. The van der Waals surface area contributed by atoms with Gasteiger partial charge < -0.3 is 18.9 Å². The van der Waals surface area contributed by atoms with Gasteiger partial charge in [-0.2, -0.15) is 0 Å². The molecule has 0 fully saturated rings. The third-order valence-electron chi connectivity index (χ3n) is 5.39. The maximum Gasteiger partial charge on any atom is 0.472 e. The van der Waals surface area contributed by atoms with Gasteiger partial charge in [-0.25, -0.2) is 4.57 Å². The largest absolute Gasteiger partial charge is 0.472 e. The van der Waals surface area contributed by atoms with Crippen molar-refractivity contribution in [3.05, 3.63) is 0 Å². The summed E-state index contributed by atoms with van der Waals surface area (Å²) < 4.78 is 33.4. The lowest BCUT2D eigenvalue weighted by atomic mass is 10.1. The molecule has 0 saturated carbocycles. The molecule has 208 valence electrons. The SMILES string of the molecule is CCCCCCCCCCCC(=O)O[C@H](COC(=O)CCCC)COP(=O)(O)OCC[N+](C)(C)C. The summed E-state index contributed by atoms with van der Waals surface area (Å²) in [4.78, 5) is 34.1. The van der Waals surface area contributed by atoms with E-state index in [4.69, 9.17) is 18.5 Å². The molecule has 10 heteroatoms. The van der Waals surface area contributed by atoms with E-state index in [9.17, 15) is 19.0 Å². The second-order valence-electron chi connectivity index (χ2n) is 10.1. The van der Waals surface area contributed by atoms with Gasteiger partial charge in [-0.15, -0.1) is 0 Å². The fraction of sp³-hybridized carbons (Fsp3) is 0.920. The molecule has 0 saturated heterocycles. The van der Waals surface area contributed by atoms with Crippen LogP contribution in [0.25, 0.3) is 0 Å². The van der Waals surface area contributed by atoms with Gasteiger partial charge in [-0.3, -0.25) is 18.6 Å². The van der Waals surface area contributed by atoms with Crippen LogP contribution >= 0.6 is 7.82 Å². The van der Waals surface area contributed by atoms with Crippen LogP contribution in [0.1, 0.15) is 97.3 Å². The predicted molar refractivity (Wildman–Crippen MR) is 137 cm³/mol. The molecule has 0 aromatic heterocycles. The second-order valence-corrected chi connectivity index (χ2v) is 11.5. The molecule has 2 atom stereocenters. The fourth-order valence-corrected chi connectivity index (χ4v) is 3.91. The number of unbranched alkanes of at least 4 members (excludes halogenated alkanes) is 9. The summed E-state index contributed by atoms with van der Waals surface area (Å²) in [6, 6.07) is 0. The van der Waals surface area contributed by atoms with E-state index in [0.29, 0.717) is 23.9 Å². The third kappa shape index (κ3) is 23.2. The topological polar surface area (TPSA) is 108 Å². The molecular formula is C25H51NO8P+. The highest BCUT2D eigenvalue weighted by atomic mass is 31.2. The van der Waals surface area contributed by atoms with E-state index in [0.717, 1.165) is 19.3 Å². The van der Waals surface area contributed by atoms with Crippen LogP contribution in [0.3, 0.4) is 0 Å². The zero-order valence-corrected chi connectivity index (χ0v) is 23.7. The number of nitrogens with zero attached hydrogens (tertiary/aromatic N) is 1. The summed E-state index contributed by atoms with van der Waals surface area (Å²) in [5.74, 6) is -0.844. The maximum absolute atomic E-state index is 12.3. The van der Waals surface area contributed by atoms with E-state index >= 15 is 0 Å². The van der Waals surface area contributed by atoms with Gasteiger partial charge in [0.2, 0.25) is 0 Å². The van der Waals surface area contributed by atoms with Crippen molar-refractivity contribution in [1.82, 2.24) is 0 Å². The Morgan fingerprint density at radius 2 is 1.31 bits per heavy atom. The van der Waals surface area contributed by atoms with Crippen LogP contribution < -0.4 is 0 Å². The first-order valence-electron chi connectivity index (χ1n) is 13.3. The Kier molecular flexibility index (Phi) is 19.5. The van der Waals surface area contributed by atoms with Crippen LogP contribution in [0.4, 0.5) is 0 Å². The van der Waals surface area contributed by atoms with Crippen LogP contribution in [-0.4, -0.2) is 74.9 Å². The molecule has 9 nitrogen and oxygen atoms in total. The Morgan fingerprint density at radius 1 is 0.771 bits per heavy atom. The molecule has 0 spiro atoms. The molecule has 0 aliphatic rings. The van der Waals surface area contributed by atoms with Crippen LogP contribution in [0.5, 0.6) is 0 Å². The van der Waals surface area contributed by atoms with Gasteiger partial charge in [-0.1, -0.05) is 71.6 Å². The van der Waals surface area contributed by atoms with E-state index in [2.05, 4.69) is 6.92 Å². The first kappa shape index (κ1) is 34.0. The molecule has 0 radical (unpaired) electrons. The van der Waals surface area contributed by atoms with Crippen LogP contribution in [0, 0.1) is 0 Å². The van der Waals surface area contributed by atoms with Crippen molar-refractivity contribution in [3.8, 4) is 0 Å². The average molecular weight is 525 g/mol. The smallest absolute Gasteiger partial charge is 0.462 e. The number of likely N-dealkylation sites (N-methyl/N-ethyl adjacent to an activating group) is 1. The van der Waals surface area contributed by atoms with E-state index in [1.807, 2.05) is 28.1 Å². The van der Waals surface area contributed by atoms with Gasteiger partial charge in [0.15, 0.2) is 6.10 Å². The summed E-state index contributed by atoms with van der Waals surface area (Å²) in [5.41, 5.74) is 0. The number of rotatable bonds is 23. The number of ether oxygens (including phenoxy) is 2. The van der Waals surface area contributed by atoms with Gasteiger partial charge in [0, 0.05) is 12.8 Å². The van der Waals surface area contributed by atoms with Crippen molar-refractivity contribution in [2.75, 3.05) is 47.5 Å². The number of hydrogen-bond acceptors (Lipinski definition) is 7. The lowest BCUT2D eigenvalue weighted by Crippen LogP contribution is -2.37. The zero-order chi connectivity index (χ0) is 26.6. The summed E-state index contributed by atoms with van der Waals surface area (Å²) in [7, 11) is 1.47. The molecular weight excluding hydrogens is 473 g/mol.